The minimum Gasteiger partial charge on any atom is -0.396 e. The van der Waals surface area contributed by atoms with E-state index in [1.807, 2.05) is 24.3 Å². The number of sulfonamides is 1. The van der Waals surface area contributed by atoms with Gasteiger partial charge in [-0.05, 0) is 59.2 Å². The van der Waals surface area contributed by atoms with Gasteiger partial charge in [0.2, 0.25) is 0 Å². The second-order valence-corrected chi connectivity index (χ2v) is 13.8. The van der Waals surface area contributed by atoms with E-state index in [-0.39, 0.29) is 13.0 Å². The summed E-state index contributed by atoms with van der Waals surface area (Å²) in [7, 11) is -4.46. The van der Waals surface area contributed by atoms with Crippen molar-refractivity contribution in [2.75, 3.05) is 57.9 Å². The first kappa shape index (κ1) is 33.4. The molecule has 2 aliphatic heterocycles. The molecule has 0 spiro atoms. The van der Waals surface area contributed by atoms with Crippen molar-refractivity contribution in [3.8, 4) is 16.5 Å². The number of rotatable bonds is 12. The number of thiophene rings is 1. The molecule has 45 heavy (non-hydrogen) atoms. The molecule has 2 aromatic carbocycles. The first-order valence-corrected chi connectivity index (χ1v) is 17.1. The van der Waals surface area contributed by atoms with Gasteiger partial charge < -0.3 is 35.2 Å². The van der Waals surface area contributed by atoms with Gasteiger partial charge in [0.05, 0.1) is 32.0 Å². The van der Waals surface area contributed by atoms with Gasteiger partial charge in [0, 0.05) is 48.2 Å². The quantitative estimate of drug-likeness (QED) is 0.154. The second kappa shape index (κ2) is 15.1. The Morgan fingerprint density at radius 1 is 1.04 bits per heavy atom. The minimum atomic E-state index is -4.46. The number of aliphatic hydroxyl groups is 4. The summed E-state index contributed by atoms with van der Waals surface area (Å²) in [5.41, 5.74) is 1.99. The molecule has 2 aliphatic rings. The molecule has 12 nitrogen and oxygen atoms in total. The van der Waals surface area contributed by atoms with E-state index in [0.29, 0.717) is 4.88 Å². The number of allylic oxidation sites excluding steroid dienone is 1. The summed E-state index contributed by atoms with van der Waals surface area (Å²) in [6, 6.07) is 16.3. The third-order valence-electron chi connectivity index (χ3n) is 8.02. The van der Waals surface area contributed by atoms with Crippen LogP contribution < -0.4 is 10.0 Å². The molecule has 2 fully saturated rings. The molecule has 0 bridgehead atoms. The summed E-state index contributed by atoms with van der Waals surface area (Å²) in [6.45, 7) is 4.28. The number of ether oxygens (including phenoxy) is 2. The molecule has 5 rings (SSSR count). The molecule has 3 heterocycles. The fraction of sp³-hybridized carbons (Fsp3) is 0.452. The van der Waals surface area contributed by atoms with E-state index in [1.165, 1.54) is 17.4 Å². The number of nitrogens with one attached hydrogen (secondary N) is 2. The highest BCUT2D eigenvalue weighted by molar-refractivity contribution is 7.93. The zero-order chi connectivity index (χ0) is 32.0. The van der Waals surface area contributed by atoms with Crippen LogP contribution in [0, 0.1) is 11.3 Å². The second-order valence-electron chi connectivity index (χ2n) is 11.0. The summed E-state index contributed by atoms with van der Waals surface area (Å²) in [4.78, 5) is 3.20. The van der Waals surface area contributed by atoms with E-state index in [9.17, 15) is 34.1 Å². The van der Waals surface area contributed by atoms with Crippen LogP contribution in [0.1, 0.15) is 11.3 Å². The lowest BCUT2D eigenvalue weighted by Gasteiger charge is -2.42. The first-order chi connectivity index (χ1) is 21.7. The maximum absolute atomic E-state index is 13.2. The Morgan fingerprint density at radius 2 is 1.80 bits per heavy atom. The predicted octanol–water partition coefficient (Wildman–Crippen LogP) is 1.33. The number of nitrogens with zero attached hydrogens (tertiary/aromatic N) is 2. The van der Waals surface area contributed by atoms with Gasteiger partial charge in [-0.15, -0.1) is 11.3 Å². The molecule has 0 radical (unpaired) electrons. The normalized spacial score (nSPS) is 24.9. The van der Waals surface area contributed by atoms with Gasteiger partial charge >= 0.3 is 0 Å². The Hall–Kier alpha value is -2.94. The van der Waals surface area contributed by atoms with Crippen molar-refractivity contribution in [1.29, 1.82) is 5.26 Å². The average Bonchev–Trinajstić information content (AvgIpc) is 3.52. The topological polar surface area (TPSA) is 185 Å². The van der Waals surface area contributed by atoms with Crippen molar-refractivity contribution in [1.82, 2.24) is 9.62 Å². The molecule has 6 N–H and O–H groups in total. The molecule has 242 valence electrons. The Morgan fingerprint density at radius 3 is 2.53 bits per heavy atom. The number of benzene rings is 2. The predicted molar refractivity (Wildman–Crippen MR) is 172 cm³/mol. The monoisotopic (exact) mass is 658 g/mol. The summed E-state index contributed by atoms with van der Waals surface area (Å²) in [5.74, 6) is 0. The van der Waals surface area contributed by atoms with Crippen LogP contribution in [0.4, 0.5) is 5.69 Å². The Bertz CT molecular complexity index is 1630. The Labute approximate surface area is 266 Å². The molecule has 1 aromatic heterocycles. The number of hydrogen-bond acceptors (Lipinski definition) is 12. The smallest absolute Gasteiger partial charge is 0.251 e. The third kappa shape index (κ3) is 8.08. The lowest BCUT2D eigenvalue weighted by molar-refractivity contribution is -0.194. The minimum absolute atomic E-state index is 0.0636. The maximum atomic E-state index is 13.2. The van der Waals surface area contributed by atoms with Crippen molar-refractivity contribution in [3.05, 3.63) is 58.3 Å². The van der Waals surface area contributed by atoms with Gasteiger partial charge in [-0.3, -0.25) is 4.90 Å². The highest BCUT2D eigenvalue weighted by Gasteiger charge is 2.45. The number of aliphatic hydroxyl groups excluding tert-OH is 4. The van der Waals surface area contributed by atoms with E-state index in [1.54, 1.807) is 12.1 Å². The molecule has 0 saturated carbocycles. The van der Waals surface area contributed by atoms with Gasteiger partial charge in [0.25, 0.3) is 10.0 Å². The summed E-state index contributed by atoms with van der Waals surface area (Å²) >= 11 is 1.32. The summed E-state index contributed by atoms with van der Waals surface area (Å²) in [6.07, 6.45) is -4.21. The number of nitriles is 1. The zero-order valence-electron chi connectivity index (χ0n) is 24.6. The average molecular weight is 659 g/mol. The number of hydrogen-bond donors (Lipinski definition) is 6. The Balaban J connectivity index is 1.27. The van der Waals surface area contributed by atoms with Gasteiger partial charge in [0.15, 0.2) is 4.91 Å². The van der Waals surface area contributed by atoms with E-state index >= 15 is 0 Å². The van der Waals surface area contributed by atoms with Crippen LogP contribution in [0.15, 0.2) is 53.4 Å². The lowest BCUT2D eigenvalue weighted by atomic mass is 9.92. The van der Waals surface area contributed by atoms with Crippen molar-refractivity contribution in [2.45, 2.75) is 36.9 Å². The highest BCUT2D eigenvalue weighted by atomic mass is 32.2. The lowest BCUT2D eigenvalue weighted by Crippen LogP contribution is -2.64. The zero-order valence-corrected chi connectivity index (χ0v) is 26.2. The van der Waals surface area contributed by atoms with Crippen molar-refractivity contribution in [2.24, 2.45) is 0 Å². The van der Waals surface area contributed by atoms with E-state index in [4.69, 9.17) is 9.47 Å². The standard InChI is InChI=1S/C31H38N4O8S2/c32-18-25(45(40,41)34-29-26(7-12-36)43-27(19-37)30(38)31(29)39)17-24-5-6-28(44-24)22-2-1-21-16-23(4-3-20(21)15-22)33-8-9-35-10-13-42-14-11-35/h1-6,15-17,26-27,29-31,33-34,36-39H,7-14,19H2/b25-17+/t26?,27-,29+,30-,31-/m1/s1. The molecule has 3 aromatic rings. The van der Waals surface area contributed by atoms with Crippen LogP contribution in [0.2, 0.25) is 0 Å². The van der Waals surface area contributed by atoms with Crippen molar-refractivity contribution >= 4 is 43.9 Å². The van der Waals surface area contributed by atoms with Crippen LogP contribution in [-0.2, 0) is 19.5 Å². The molecule has 0 aliphatic carbocycles. The molecule has 1 unspecified atom stereocenters. The Kier molecular flexibility index (Phi) is 11.2. The van der Waals surface area contributed by atoms with Crippen molar-refractivity contribution < 1.29 is 38.3 Å². The summed E-state index contributed by atoms with van der Waals surface area (Å²) in [5, 5.41) is 55.1. The summed E-state index contributed by atoms with van der Waals surface area (Å²) < 4.78 is 39.6. The number of anilines is 1. The van der Waals surface area contributed by atoms with Crippen LogP contribution in [0.3, 0.4) is 0 Å². The molecular weight excluding hydrogens is 620 g/mol. The maximum Gasteiger partial charge on any atom is 0.251 e. The molecule has 2 saturated heterocycles. The number of morpholine rings is 1. The van der Waals surface area contributed by atoms with Gasteiger partial charge in [0.1, 0.15) is 24.4 Å². The fourth-order valence-corrected chi connectivity index (χ4v) is 7.73. The number of fused-ring (bicyclic) bond motifs is 1. The van der Waals surface area contributed by atoms with Gasteiger partial charge in [-0.2, -0.15) is 5.26 Å². The molecule has 0 amide bonds. The van der Waals surface area contributed by atoms with Crippen LogP contribution in [0.5, 0.6) is 0 Å². The molecular formula is C31H38N4O8S2. The van der Waals surface area contributed by atoms with Gasteiger partial charge in [-0.1, -0.05) is 18.2 Å². The largest absolute Gasteiger partial charge is 0.396 e. The van der Waals surface area contributed by atoms with Crippen LogP contribution >= 0.6 is 11.3 Å². The fourth-order valence-electron chi connectivity index (χ4n) is 5.53. The van der Waals surface area contributed by atoms with Gasteiger partial charge in [-0.25, -0.2) is 13.1 Å². The third-order valence-corrected chi connectivity index (χ3v) is 10.5. The van der Waals surface area contributed by atoms with E-state index < -0.39 is 52.0 Å². The van der Waals surface area contributed by atoms with Crippen LogP contribution in [-0.4, -0.2) is 117 Å². The molecule has 14 heteroatoms. The van der Waals surface area contributed by atoms with E-state index in [2.05, 4.69) is 33.1 Å². The SMILES string of the molecule is N#C/C(=C\c1ccc(-c2ccc3cc(NCCN4CCOCC4)ccc3c2)s1)S(=O)(=O)N[C@H]1C(CCO)O[C@H](CO)[C@@H](O)[C@@H]1O. The van der Waals surface area contributed by atoms with Crippen molar-refractivity contribution in [3.63, 3.8) is 0 Å². The highest BCUT2D eigenvalue weighted by Crippen LogP contribution is 2.33. The van der Waals surface area contributed by atoms with E-state index in [0.717, 1.165) is 66.3 Å². The molecule has 5 atom stereocenters. The van der Waals surface area contributed by atoms with Crippen LogP contribution in [0.25, 0.3) is 27.3 Å². The first-order valence-electron chi connectivity index (χ1n) is 14.8.